The lowest BCUT2D eigenvalue weighted by Gasteiger charge is -2.23. The van der Waals surface area contributed by atoms with Crippen molar-refractivity contribution in [3.05, 3.63) is 87.9 Å². The van der Waals surface area contributed by atoms with E-state index in [1.54, 1.807) is 0 Å². The van der Waals surface area contributed by atoms with Crippen LogP contribution in [-0.4, -0.2) is 11.5 Å². The largest absolute Gasteiger partial charge is 0.371 e. The molecule has 0 saturated carbocycles. The summed E-state index contributed by atoms with van der Waals surface area (Å²) in [5.74, 6) is 0.986. The van der Waals surface area contributed by atoms with Gasteiger partial charge >= 0.3 is 0 Å². The van der Waals surface area contributed by atoms with Crippen LogP contribution >= 0.6 is 23.2 Å². The van der Waals surface area contributed by atoms with Gasteiger partial charge in [0.25, 0.3) is 0 Å². The molecule has 0 saturated heterocycles. The maximum absolute atomic E-state index is 6.10. The minimum Gasteiger partial charge on any atom is -0.371 e. The average Bonchev–Trinajstić information content (AvgIpc) is 2.59. The number of halogens is 2. The quantitative estimate of drug-likeness (QED) is 0.849. The van der Waals surface area contributed by atoms with Gasteiger partial charge in [0.1, 0.15) is 0 Å². The van der Waals surface area contributed by atoms with Crippen molar-refractivity contribution in [2.24, 2.45) is 0 Å². The Morgan fingerprint density at radius 3 is 2.83 bits per heavy atom. The van der Waals surface area contributed by atoms with Crippen LogP contribution in [0.5, 0.6) is 0 Å². The number of rotatable bonds is 5. The fourth-order valence-electron chi connectivity index (χ4n) is 2.41. The van der Waals surface area contributed by atoms with Gasteiger partial charge in [0, 0.05) is 24.9 Å². The Hall–Kier alpha value is -1.97. The second-order valence-electron chi connectivity index (χ2n) is 5.26. The van der Waals surface area contributed by atoms with Crippen molar-refractivity contribution in [3.63, 3.8) is 0 Å². The molecule has 23 heavy (non-hydrogen) atoms. The van der Waals surface area contributed by atoms with Gasteiger partial charge in [0.05, 0.1) is 21.9 Å². The number of nitrogens with one attached hydrogen (secondary N) is 2. The Morgan fingerprint density at radius 1 is 1.13 bits per heavy atom. The molecule has 0 aliphatic carbocycles. The molecule has 0 bridgehead atoms. The summed E-state index contributed by atoms with van der Waals surface area (Å²) < 4.78 is 0. The Morgan fingerprint density at radius 2 is 2.04 bits per heavy atom. The molecule has 2 heterocycles. The smallest absolute Gasteiger partial charge is 0.0993 e. The summed E-state index contributed by atoms with van der Waals surface area (Å²) in [5, 5.41) is 7.98. The molecule has 1 aromatic heterocycles. The molecule has 0 spiro atoms. The second-order valence-corrected chi connectivity index (χ2v) is 6.07. The average molecular weight is 346 g/mol. The van der Waals surface area contributed by atoms with E-state index in [0.29, 0.717) is 10.0 Å². The molecule has 1 aliphatic heterocycles. The van der Waals surface area contributed by atoms with Gasteiger partial charge in [-0.1, -0.05) is 47.5 Å². The number of hydrogen-bond donors (Lipinski definition) is 2. The molecular formula is C18H17Cl2N3. The van der Waals surface area contributed by atoms with Gasteiger partial charge in [-0.2, -0.15) is 0 Å². The van der Waals surface area contributed by atoms with Crippen LogP contribution in [0.2, 0.25) is 10.0 Å². The number of aromatic nitrogens is 1. The van der Waals surface area contributed by atoms with Crippen LogP contribution in [0.15, 0.2) is 66.6 Å². The molecule has 1 aliphatic rings. The summed E-state index contributed by atoms with van der Waals surface area (Å²) in [7, 11) is 0. The Balaban J connectivity index is 1.57. The summed E-state index contributed by atoms with van der Waals surface area (Å²) in [5.41, 5.74) is 2.15. The van der Waals surface area contributed by atoms with Crippen molar-refractivity contribution in [3.8, 4) is 0 Å². The van der Waals surface area contributed by atoms with Crippen molar-refractivity contribution in [1.82, 2.24) is 15.6 Å². The summed E-state index contributed by atoms with van der Waals surface area (Å²) in [4.78, 5) is 4.32. The van der Waals surface area contributed by atoms with Crippen molar-refractivity contribution >= 4 is 23.2 Å². The molecule has 2 N–H and O–H groups in total. The van der Waals surface area contributed by atoms with E-state index in [2.05, 4.69) is 21.7 Å². The molecule has 0 radical (unpaired) electrons. The highest BCUT2D eigenvalue weighted by Crippen LogP contribution is 2.27. The van der Waals surface area contributed by atoms with Gasteiger partial charge in [0.15, 0.2) is 0 Å². The van der Waals surface area contributed by atoms with Crippen LogP contribution in [0.4, 0.5) is 0 Å². The SMILES string of the molecule is Clc1ccc(C2C=CC=C(NCCc3ccccn3)N2)cc1Cl. The number of benzene rings is 1. The van der Waals surface area contributed by atoms with Gasteiger partial charge in [-0.3, -0.25) is 4.98 Å². The fourth-order valence-corrected chi connectivity index (χ4v) is 2.71. The summed E-state index contributed by atoms with van der Waals surface area (Å²) in [6.07, 6.45) is 8.83. The monoisotopic (exact) mass is 345 g/mol. The maximum Gasteiger partial charge on any atom is 0.0993 e. The number of allylic oxidation sites excluding steroid dienone is 2. The van der Waals surface area contributed by atoms with E-state index < -0.39 is 0 Å². The van der Waals surface area contributed by atoms with E-state index in [0.717, 1.165) is 30.0 Å². The molecular weight excluding hydrogens is 329 g/mol. The first kappa shape index (κ1) is 15.9. The molecule has 5 heteroatoms. The van der Waals surface area contributed by atoms with E-state index in [9.17, 15) is 0 Å². The number of nitrogens with zero attached hydrogens (tertiary/aromatic N) is 1. The Bertz CT molecular complexity index is 726. The highest BCUT2D eigenvalue weighted by Gasteiger charge is 2.13. The standard InChI is InChI=1S/C18H17Cl2N3/c19-15-8-7-13(12-16(15)20)17-5-3-6-18(23-17)22-11-9-14-4-1-2-10-21-14/h1-8,10,12,17,22-23H,9,11H2. The van der Waals surface area contributed by atoms with Gasteiger partial charge < -0.3 is 10.6 Å². The minimum atomic E-state index is 0.0760. The Labute approximate surface area is 146 Å². The number of pyridine rings is 1. The molecule has 3 nitrogen and oxygen atoms in total. The zero-order valence-electron chi connectivity index (χ0n) is 12.5. The van der Waals surface area contributed by atoms with Crippen LogP contribution in [-0.2, 0) is 6.42 Å². The second kappa shape index (κ2) is 7.53. The van der Waals surface area contributed by atoms with Crippen LogP contribution in [0, 0.1) is 0 Å². The third-order valence-corrected chi connectivity index (χ3v) is 4.34. The van der Waals surface area contributed by atoms with Crippen LogP contribution in [0.25, 0.3) is 0 Å². The van der Waals surface area contributed by atoms with Gasteiger partial charge in [-0.15, -0.1) is 0 Å². The van der Waals surface area contributed by atoms with Crippen molar-refractivity contribution in [2.45, 2.75) is 12.5 Å². The van der Waals surface area contributed by atoms with Crippen molar-refractivity contribution in [1.29, 1.82) is 0 Å². The predicted octanol–water partition coefficient (Wildman–Crippen LogP) is 4.26. The first-order valence-electron chi connectivity index (χ1n) is 7.46. The first-order valence-corrected chi connectivity index (χ1v) is 8.22. The van der Waals surface area contributed by atoms with Crippen LogP contribution in [0.1, 0.15) is 17.3 Å². The lowest BCUT2D eigenvalue weighted by molar-refractivity contribution is 0.622. The fraction of sp³-hybridized carbons (Fsp3) is 0.167. The topological polar surface area (TPSA) is 37.0 Å². The summed E-state index contributed by atoms with van der Waals surface area (Å²) in [6, 6.07) is 11.7. The van der Waals surface area contributed by atoms with E-state index in [-0.39, 0.29) is 6.04 Å². The number of dihydropyridines is 1. The van der Waals surface area contributed by atoms with Gasteiger partial charge in [-0.25, -0.2) is 0 Å². The Kier molecular flexibility index (Phi) is 5.21. The number of hydrogen-bond acceptors (Lipinski definition) is 3. The van der Waals surface area contributed by atoms with E-state index in [1.807, 2.05) is 54.7 Å². The zero-order chi connectivity index (χ0) is 16.1. The van der Waals surface area contributed by atoms with Crippen LogP contribution in [0.3, 0.4) is 0 Å². The zero-order valence-corrected chi connectivity index (χ0v) is 14.0. The highest BCUT2D eigenvalue weighted by molar-refractivity contribution is 6.42. The maximum atomic E-state index is 6.10. The molecule has 1 unspecified atom stereocenters. The lowest BCUT2D eigenvalue weighted by Crippen LogP contribution is -2.31. The third kappa shape index (κ3) is 4.27. The van der Waals surface area contributed by atoms with E-state index in [1.165, 1.54) is 0 Å². The normalized spacial score (nSPS) is 16.6. The van der Waals surface area contributed by atoms with E-state index in [4.69, 9.17) is 23.2 Å². The predicted molar refractivity (Wildman–Crippen MR) is 95.5 cm³/mol. The minimum absolute atomic E-state index is 0.0760. The van der Waals surface area contributed by atoms with Crippen molar-refractivity contribution < 1.29 is 0 Å². The summed E-state index contributed by atoms with van der Waals surface area (Å²) in [6.45, 7) is 0.817. The lowest BCUT2D eigenvalue weighted by atomic mass is 10.0. The molecule has 0 fully saturated rings. The van der Waals surface area contributed by atoms with Crippen LogP contribution < -0.4 is 10.6 Å². The molecule has 1 aromatic carbocycles. The van der Waals surface area contributed by atoms with Gasteiger partial charge in [-0.05, 0) is 35.9 Å². The molecule has 1 atom stereocenters. The van der Waals surface area contributed by atoms with Crippen molar-refractivity contribution in [2.75, 3.05) is 6.54 Å². The molecule has 2 aromatic rings. The third-order valence-electron chi connectivity index (χ3n) is 3.60. The highest BCUT2D eigenvalue weighted by atomic mass is 35.5. The van der Waals surface area contributed by atoms with E-state index >= 15 is 0 Å². The molecule has 118 valence electrons. The first-order chi connectivity index (χ1) is 11.2. The molecule has 3 rings (SSSR count). The molecule has 0 amide bonds. The summed E-state index contributed by atoms with van der Waals surface area (Å²) >= 11 is 12.1. The van der Waals surface area contributed by atoms with Gasteiger partial charge in [0.2, 0.25) is 0 Å².